The van der Waals surface area contributed by atoms with Crippen LogP contribution in [0, 0.1) is 0 Å². The van der Waals surface area contributed by atoms with Crippen molar-refractivity contribution in [1.82, 2.24) is 25.1 Å². The second-order valence-electron chi connectivity index (χ2n) is 6.99. The molecule has 1 amide bonds. The predicted molar refractivity (Wildman–Crippen MR) is 127 cm³/mol. The highest BCUT2D eigenvalue weighted by Gasteiger charge is 2.15. The summed E-state index contributed by atoms with van der Waals surface area (Å²) in [5, 5.41) is 12.7. The number of halogens is 2. The van der Waals surface area contributed by atoms with Gasteiger partial charge in [-0.15, -0.1) is 0 Å². The number of thioether (sulfide) groups is 1. The molecule has 0 saturated carbocycles. The second kappa shape index (κ2) is 10.5. The molecule has 2 aromatic heterocycles. The highest BCUT2D eigenvalue weighted by atomic mass is 79.9. The van der Waals surface area contributed by atoms with Gasteiger partial charge in [0.2, 0.25) is 0 Å². The highest BCUT2D eigenvalue weighted by molar-refractivity contribution is 9.10. The molecular formula is C20H24BrClN6OS. The molecule has 0 aliphatic carbocycles. The third kappa shape index (κ3) is 5.65. The number of hydrogen-bond donors (Lipinski definition) is 2. The Bertz CT molecular complexity index is 1040. The summed E-state index contributed by atoms with van der Waals surface area (Å²) in [4.78, 5) is 21.8. The Morgan fingerprint density at radius 3 is 2.87 bits per heavy atom. The molecular weight excluding hydrogens is 488 g/mol. The Labute approximate surface area is 193 Å². The molecule has 2 N–H and O–H groups in total. The Balaban J connectivity index is 1.77. The molecule has 7 nitrogen and oxygen atoms in total. The minimum absolute atomic E-state index is 0.228. The fourth-order valence-corrected chi connectivity index (χ4v) is 4.04. The monoisotopic (exact) mass is 510 g/mol. The summed E-state index contributed by atoms with van der Waals surface area (Å²) in [6.45, 7) is 7.15. The van der Waals surface area contributed by atoms with E-state index in [-0.39, 0.29) is 11.9 Å². The highest BCUT2D eigenvalue weighted by Crippen LogP contribution is 2.25. The van der Waals surface area contributed by atoms with Gasteiger partial charge in [0.05, 0.1) is 28.7 Å². The van der Waals surface area contributed by atoms with Crippen molar-refractivity contribution < 1.29 is 4.79 Å². The maximum atomic E-state index is 12.5. The fraction of sp³-hybridized carbons (Fsp3) is 0.400. The van der Waals surface area contributed by atoms with E-state index in [1.54, 1.807) is 40.8 Å². The number of aromatic nitrogens is 4. The number of amides is 1. The first-order valence-corrected chi connectivity index (χ1v) is 11.9. The zero-order valence-corrected chi connectivity index (χ0v) is 20.2. The van der Waals surface area contributed by atoms with Crippen LogP contribution in [0.25, 0.3) is 11.0 Å². The molecule has 0 aliphatic heterocycles. The standard InChI is InChI=1S/C20H24BrClN6OS/c1-4-9-30-20-26-17(25-12(2)3)15-11-24-28(18(15)27-20)8-7-23-19(29)14-10-13(21)5-6-16(14)22/h5-6,10-12H,4,7-9H2,1-3H3,(H,23,29)(H,25,26,27). The topological polar surface area (TPSA) is 84.7 Å². The molecule has 0 unspecified atom stereocenters. The van der Waals surface area contributed by atoms with Gasteiger partial charge in [0, 0.05) is 22.8 Å². The van der Waals surface area contributed by atoms with Crippen LogP contribution in [0.4, 0.5) is 5.82 Å². The minimum Gasteiger partial charge on any atom is -0.367 e. The van der Waals surface area contributed by atoms with Crippen molar-refractivity contribution in [2.75, 3.05) is 17.6 Å². The van der Waals surface area contributed by atoms with Crippen LogP contribution in [0.15, 0.2) is 34.0 Å². The third-order valence-electron chi connectivity index (χ3n) is 4.12. The Kier molecular flexibility index (Phi) is 7.96. The van der Waals surface area contributed by atoms with Crippen LogP contribution in [-0.2, 0) is 6.54 Å². The molecule has 0 spiro atoms. The van der Waals surface area contributed by atoms with Gasteiger partial charge in [-0.1, -0.05) is 46.2 Å². The van der Waals surface area contributed by atoms with E-state index in [0.717, 1.165) is 38.7 Å². The van der Waals surface area contributed by atoms with Crippen LogP contribution < -0.4 is 10.6 Å². The number of anilines is 1. The molecule has 30 heavy (non-hydrogen) atoms. The van der Waals surface area contributed by atoms with Crippen molar-refractivity contribution in [2.45, 2.75) is 44.9 Å². The summed E-state index contributed by atoms with van der Waals surface area (Å²) in [6, 6.07) is 5.43. The normalized spacial score (nSPS) is 11.3. The van der Waals surface area contributed by atoms with E-state index in [2.05, 4.69) is 57.4 Å². The van der Waals surface area contributed by atoms with E-state index in [4.69, 9.17) is 16.6 Å². The van der Waals surface area contributed by atoms with Crippen LogP contribution in [0.5, 0.6) is 0 Å². The van der Waals surface area contributed by atoms with E-state index in [0.29, 0.717) is 23.7 Å². The van der Waals surface area contributed by atoms with Gasteiger partial charge in [-0.25, -0.2) is 14.6 Å². The lowest BCUT2D eigenvalue weighted by Crippen LogP contribution is -2.27. The quantitative estimate of drug-likeness (QED) is 0.311. The number of benzene rings is 1. The SMILES string of the molecule is CCCSc1nc(NC(C)C)c2cnn(CCNC(=O)c3cc(Br)ccc3Cl)c2n1. The molecule has 0 saturated heterocycles. The van der Waals surface area contributed by atoms with Crippen LogP contribution in [0.3, 0.4) is 0 Å². The molecule has 1 aromatic carbocycles. The van der Waals surface area contributed by atoms with Gasteiger partial charge in [0.25, 0.3) is 5.91 Å². The summed E-state index contributed by atoms with van der Waals surface area (Å²) in [7, 11) is 0. The smallest absolute Gasteiger partial charge is 0.252 e. The molecule has 2 heterocycles. The molecule has 0 aliphatic rings. The van der Waals surface area contributed by atoms with Crippen molar-refractivity contribution in [2.24, 2.45) is 0 Å². The summed E-state index contributed by atoms with van der Waals surface area (Å²) in [6.07, 6.45) is 2.81. The zero-order valence-electron chi connectivity index (χ0n) is 17.1. The van der Waals surface area contributed by atoms with Crippen molar-refractivity contribution >= 4 is 62.1 Å². The van der Waals surface area contributed by atoms with Gasteiger partial charge < -0.3 is 10.6 Å². The van der Waals surface area contributed by atoms with E-state index < -0.39 is 0 Å². The van der Waals surface area contributed by atoms with Crippen LogP contribution in [0.1, 0.15) is 37.6 Å². The largest absolute Gasteiger partial charge is 0.367 e. The lowest BCUT2D eigenvalue weighted by atomic mass is 10.2. The number of nitrogens with zero attached hydrogens (tertiary/aromatic N) is 4. The first-order chi connectivity index (χ1) is 14.4. The van der Waals surface area contributed by atoms with E-state index in [9.17, 15) is 4.79 Å². The maximum Gasteiger partial charge on any atom is 0.252 e. The number of hydrogen-bond acceptors (Lipinski definition) is 6. The molecule has 3 aromatic rings. The number of fused-ring (bicyclic) bond motifs is 1. The van der Waals surface area contributed by atoms with Crippen LogP contribution in [0.2, 0.25) is 5.02 Å². The van der Waals surface area contributed by atoms with Gasteiger partial charge in [-0.2, -0.15) is 5.10 Å². The number of rotatable bonds is 9. The average molecular weight is 512 g/mol. The number of nitrogens with one attached hydrogen (secondary N) is 2. The van der Waals surface area contributed by atoms with Crippen molar-refractivity contribution in [3.63, 3.8) is 0 Å². The molecule has 0 bridgehead atoms. The molecule has 3 rings (SSSR count). The third-order valence-corrected chi connectivity index (χ3v) is 5.99. The zero-order chi connectivity index (χ0) is 21.7. The molecule has 0 fully saturated rings. The Hall–Kier alpha value is -1.84. The van der Waals surface area contributed by atoms with Gasteiger partial charge in [-0.05, 0) is 38.5 Å². The van der Waals surface area contributed by atoms with E-state index >= 15 is 0 Å². The molecule has 0 atom stereocenters. The Morgan fingerprint density at radius 2 is 2.13 bits per heavy atom. The maximum absolute atomic E-state index is 12.5. The Morgan fingerprint density at radius 1 is 1.33 bits per heavy atom. The van der Waals surface area contributed by atoms with Gasteiger partial charge in [0.15, 0.2) is 10.8 Å². The summed E-state index contributed by atoms with van der Waals surface area (Å²) in [5.74, 6) is 1.50. The molecule has 160 valence electrons. The average Bonchev–Trinajstić information content (AvgIpc) is 3.11. The van der Waals surface area contributed by atoms with Crippen LogP contribution >= 0.6 is 39.3 Å². The van der Waals surface area contributed by atoms with E-state index in [1.807, 2.05) is 0 Å². The first-order valence-electron chi connectivity index (χ1n) is 9.75. The number of carbonyl (C=O) groups excluding carboxylic acids is 1. The summed E-state index contributed by atoms with van der Waals surface area (Å²) in [5.41, 5.74) is 1.18. The summed E-state index contributed by atoms with van der Waals surface area (Å²) >= 11 is 11.1. The van der Waals surface area contributed by atoms with Gasteiger partial charge in [0.1, 0.15) is 5.82 Å². The van der Waals surface area contributed by atoms with Crippen LogP contribution in [-0.4, -0.2) is 44.0 Å². The van der Waals surface area contributed by atoms with Crippen molar-refractivity contribution in [1.29, 1.82) is 0 Å². The summed E-state index contributed by atoms with van der Waals surface area (Å²) < 4.78 is 2.59. The van der Waals surface area contributed by atoms with Gasteiger partial charge >= 0.3 is 0 Å². The minimum atomic E-state index is -0.228. The van der Waals surface area contributed by atoms with E-state index in [1.165, 1.54) is 0 Å². The fourth-order valence-electron chi connectivity index (χ4n) is 2.78. The molecule has 10 heteroatoms. The first kappa shape index (κ1) is 22.8. The number of carbonyl (C=O) groups is 1. The lowest BCUT2D eigenvalue weighted by molar-refractivity contribution is 0.0952. The van der Waals surface area contributed by atoms with Crippen molar-refractivity contribution in [3.8, 4) is 0 Å². The van der Waals surface area contributed by atoms with Crippen molar-refractivity contribution in [3.05, 3.63) is 39.5 Å². The lowest BCUT2D eigenvalue weighted by Gasteiger charge is -2.12. The second-order valence-corrected chi connectivity index (χ2v) is 9.37. The predicted octanol–water partition coefficient (Wildman–Crippen LogP) is 4.99. The van der Waals surface area contributed by atoms with Gasteiger partial charge in [-0.3, -0.25) is 4.79 Å². The molecule has 0 radical (unpaired) electrons.